The van der Waals surface area contributed by atoms with Crippen LogP contribution in [0.15, 0.2) is 29.8 Å². The minimum atomic E-state index is -0.834. The summed E-state index contributed by atoms with van der Waals surface area (Å²) < 4.78 is 25.5. The summed E-state index contributed by atoms with van der Waals surface area (Å²) in [7, 11) is 0. The molecule has 0 radical (unpaired) electrons. The third kappa shape index (κ3) is 2.76. The molecule has 84 valence electrons. The van der Waals surface area contributed by atoms with Crippen molar-refractivity contribution in [1.29, 1.82) is 0 Å². The first kappa shape index (κ1) is 11.0. The van der Waals surface area contributed by atoms with Crippen molar-refractivity contribution in [2.45, 2.75) is 6.42 Å². The first-order valence-electron chi connectivity index (χ1n) is 4.83. The van der Waals surface area contributed by atoms with E-state index in [0.29, 0.717) is 12.2 Å². The van der Waals surface area contributed by atoms with Gasteiger partial charge in [-0.1, -0.05) is 0 Å². The molecule has 0 aliphatic rings. The molecule has 1 N–H and O–H groups in total. The van der Waals surface area contributed by atoms with Gasteiger partial charge in [-0.25, -0.2) is 13.8 Å². The van der Waals surface area contributed by atoms with Crippen LogP contribution in [0.1, 0.15) is 5.01 Å². The van der Waals surface area contributed by atoms with Crippen molar-refractivity contribution < 1.29 is 8.78 Å². The average Bonchev–Trinajstić information content (AvgIpc) is 2.76. The SMILES string of the molecule is Fc1ccc(NCCc2nccs2)cc1F. The lowest BCUT2D eigenvalue weighted by Gasteiger charge is -2.05. The smallest absolute Gasteiger partial charge is 0.160 e. The largest absolute Gasteiger partial charge is 0.385 e. The molecule has 0 spiro atoms. The van der Waals surface area contributed by atoms with Crippen molar-refractivity contribution in [2.24, 2.45) is 0 Å². The predicted molar refractivity (Wildman–Crippen MR) is 60.7 cm³/mol. The fourth-order valence-electron chi connectivity index (χ4n) is 1.30. The Morgan fingerprint density at radius 3 is 2.81 bits per heavy atom. The second kappa shape index (κ2) is 5.03. The first-order chi connectivity index (χ1) is 7.75. The molecule has 5 heteroatoms. The molecule has 1 heterocycles. The van der Waals surface area contributed by atoms with Gasteiger partial charge in [0.2, 0.25) is 0 Å². The fourth-order valence-corrected chi connectivity index (χ4v) is 1.92. The average molecular weight is 240 g/mol. The van der Waals surface area contributed by atoms with E-state index in [1.54, 1.807) is 17.5 Å². The Morgan fingerprint density at radius 1 is 1.25 bits per heavy atom. The Balaban J connectivity index is 1.87. The summed E-state index contributed by atoms with van der Waals surface area (Å²) in [5, 5.41) is 5.94. The summed E-state index contributed by atoms with van der Waals surface area (Å²) in [5.74, 6) is -1.66. The third-order valence-corrected chi connectivity index (χ3v) is 2.91. The molecule has 0 fully saturated rings. The molecule has 1 aromatic carbocycles. The second-order valence-electron chi connectivity index (χ2n) is 3.23. The quantitative estimate of drug-likeness (QED) is 0.888. The van der Waals surface area contributed by atoms with E-state index in [1.165, 1.54) is 6.07 Å². The maximum Gasteiger partial charge on any atom is 0.160 e. The topological polar surface area (TPSA) is 24.9 Å². The van der Waals surface area contributed by atoms with Gasteiger partial charge in [-0.2, -0.15) is 0 Å². The summed E-state index contributed by atoms with van der Waals surface area (Å²) in [4.78, 5) is 4.12. The summed E-state index contributed by atoms with van der Waals surface area (Å²) in [6.45, 7) is 0.651. The van der Waals surface area contributed by atoms with E-state index in [4.69, 9.17) is 0 Å². The Morgan fingerprint density at radius 2 is 2.12 bits per heavy atom. The lowest BCUT2D eigenvalue weighted by Crippen LogP contribution is -2.05. The molecule has 0 unspecified atom stereocenters. The van der Waals surface area contributed by atoms with Gasteiger partial charge in [0.25, 0.3) is 0 Å². The summed E-state index contributed by atoms with van der Waals surface area (Å²) in [6.07, 6.45) is 2.52. The highest BCUT2D eigenvalue weighted by Gasteiger charge is 2.02. The molecule has 1 aromatic heterocycles. The maximum atomic E-state index is 12.9. The van der Waals surface area contributed by atoms with Crippen molar-refractivity contribution in [2.75, 3.05) is 11.9 Å². The molecule has 0 aliphatic heterocycles. The van der Waals surface area contributed by atoms with Crippen molar-refractivity contribution >= 4 is 17.0 Å². The van der Waals surface area contributed by atoms with Crippen molar-refractivity contribution in [3.8, 4) is 0 Å². The number of nitrogens with zero attached hydrogens (tertiary/aromatic N) is 1. The number of hydrogen-bond donors (Lipinski definition) is 1. The molecule has 16 heavy (non-hydrogen) atoms. The lowest BCUT2D eigenvalue weighted by atomic mass is 10.3. The highest BCUT2D eigenvalue weighted by atomic mass is 32.1. The molecule has 2 nitrogen and oxygen atoms in total. The Kier molecular flexibility index (Phi) is 3.46. The number of hydrogen-bond acceptors (Lipinski definition) is 3. The fraction of sp³-hybridized carbons (Fsp3) is 0.182. The van der Waals surface area contributed by atoms with Gasteiger partial charge in [-0.15, -0.1) is 11.3 Å². The van der Waals surface area contributed by atoms with E-state index >= 15 is 0 Å². The Labute approximate surface area is 96.0 Å². The zero-order valence-electron chi connectivity index (χ0n) is 8.41. The molecule has 0 saturated heterocycles. The van der Waals surface area contributed by atoms with Crippen LogP contribution in [-0.4, -0.2) is 11.5 Å². The first-order valence-corrected chi connectivity index (χ1v) is 5.71. The normalized spacial score (nSPS) is 10.4. The Hall–Kier alpha value is -1.49. The van der Waals surface area contributed by atoms with Crippen molar-refractivity contribution in [3.63, 3.8) is 0 Å². The number of rotatable bonds is 4. The van der Waals surface area contributed by atoms with E-state index in [-0.39, 0.29) is 0 Å². The monoisotopic (exact) mass is 240 g/mol. The molecular weight excluding hydrogens is 230 g/mol. The van der Waals surface area contributed by atoms with Crippen LogP contribution in [0.3, 0.4) is 0 Å². The van der Waals surface area contributed by atoms with Gasteiger partial charge in [-0.05, 0) is 18.2 Å². The zero-order chi connectivity index (χ0) is 11.4. The molecule has 0 atom stereocenters. The number of halogens is 2. The van der Waals surface area contributed by atoms with Gasteiger partial charge in [-0.3, -0.25) is 0 Å². The minimum Gasteiger partial charge on any atom is -0.385 e. The zero-order valence-corrected chi connectivity index (χ0v) is 9.23. The van der Waals surface area contributed by atoms with E-state index in [9.17, 15) is 8.78 Å². The van der Waals surface area contributed by atoms with E-state index in [2.05, 4.69) is 10.3 Å². The van der Waals surface area contributed by atoms with Gasteiger partial charge in [0, 0.05) is 30.2 Å². The van der Waals surface area contributed by atoms with Gasteiger partial charge in [0.05, 0.1) is 5.01 Å². The van der Waals surface area contributed by atoms with Gasteiger partial charge < -0.3 is 5.32 Å². The van der Waals surface area contributed by atoms with Crippen LogP contribution < -0.4 is 5.32 Å². The standard InChI is InChI=1S/C11H10F2N2S/c12-9-2-1-8(7-10(9)13)14-4-3-11-15-5-6-16-11/h1-2,5-7,14H,3-4H2. The lowest BCUT2D eigenvalue weighted by molar-refractivity contribution is 0.509. The number of anilines is 1. The third-order valence-electron chi connectivity index (χ3n) is 2.07. The molecule has 0 saturated carbocycles. The maximum absolute atomic E-state index is 12.9. The molecule has 0 amide bonds. The van der Waals surface area contributed by atoms with E-state index in [0.717, 1.165) is 23.6 Å². The number of nitrogens with one attached hydrogen (secondary N) is 1. The van der Waals surface area contributed by atoms with Crippen LogP contribution in [0.2, 0.25) is 0 Å². The van der Waals surface area contributed by atoms with Crippen LogP contribution >= 0.6 is 11.3 Å². The summed E-state index contributed by atoms with van der Waals surface area (Å²) in [5.41, 5.74) is 0.579. The van der Waals surface area contributed by atoms with Crippen molar-refractivity contribution in [1.82, 2.24) is 4.98 Å². The number of thiazole rings is 1. The van der Waals surface area contributed by atoms with Gasteiger partial charge in [0.1, 0.15) is 0 Å². The van der Waals surface area contributed by atoms with Crippen LogP contribution in [0.5, 0.6) is 0 Å². The summed E-state index contributed by atoms with van der Waals surface area (Å²) in [6, 6.07) is 3.78. The van der Waals surface area contributed by atoms with E-state index < -0.39 is 11.6 Å². The molecule has 2 aromatic rings. The van der Waals surface area contributed by atoms with Gasteiger partial charge in [0.15, 0.2) is 11.6 Å². The minimum absolute atomic E-state index is 0.579. The van der Waals surface area contributed by atoms with E-state index in [1.807, 2.05) is 5.38 Å². The summed E-state index contributed by atoms with van der Waals surface area (Å²) >= 11 is 1.58. The van der Waals surface area contributed by atoms with Crippen LogP contribution in [0.4, 0.5) is 14.5 Å². The second-order valence-corrected chi connectivity index (χ2v) is 4.21. The molecular formula is C11H10F2N2S. The highest BCUT2D eigenvalue weighted by Crippen LogP contribution is 2.13. The predicted octanol–water partition coefficient (Wildman–Crippen LogP) is 3.08. The molecule has 0 bridgehead atoms. The van der Waals surface area contributed by atoms with Crippen LogP contribution in [0.25, 0.3) is 0 Å². The van der Waals surface area contributed by atoms with Crippen LogP contribution in [-0.2, 0) is 6.42 Å². The number of aromatic nitrogens is 1. The number of benzene rings is 1. The molecule has 0 aliphatic carbocycles. The van der Waals surface area contributed by atoms with Crippen LogP contribution in [0, 0.1) is 11.6 Å². The highest BCUT2D eigenvalue weighted by molar-refractivity contribution is 7.09. The van der Waals surface area contributed by atoms with Crippen molar-refractivity contribution in [3.05, 3.63) is 46.4 Å². The molecule has 2 rings (SSSR count). The van der Waals surface area contributed by atoms with Gasteiger partial charge >= 0.3 is 0 Å². The Bertz CT molecular complexity index is 457.